The van der Waals surface area contributed by atoms with E-state index in [4.69, 9.17) is 4.43 Å². The lowest BCUT2D eigenvalue weighted by Crippen LogP contribution is -2.38. The third-order valence-corrected chi connectivity index (χ3v) is 6.00. The average molecular weight is 200 g/mol. The fourth-order valence-electron chi connectivity index (χ4n) is 1.95. The molecule has 0 N–H and O–H groups in total. The number of hydrogen-bond acceptors (Lipinski definition) is 1. The molecule has 1 nitrogen and oxygen atoms in total. The van der Waals surface area contributed by atoms with E-state index in [2.05, 4.69) is 26.9 Å². The highest BCUT2D eigenvalue weighted by molar-refractivity contribution is 6.71. The molecule has 0 saturated heterocycles. The van der Waals surface area contributed by atoms with Gasteiger partial charge in [0.05, 0.1) is 0 Å². The van der Waals surface area contributed by atoms with E-state index in [-0.39, 0.29) is 0 Å². The van der Waals surface area contributed by atoms with Crippen molar-refractivity contribution >= 4 is 8.32 Å². The molecule has 2 atom stereocenters. The predicted octanol–water partition coefficient (Wildman–Crippen LogP) is 3.81. The molecule has 0 bridgehead atoms. The minimum absolute atomic E-state index is 0.579. The Hall–Kier alpha value is 0.177. The molecule has 0 radical (unpaired) electrons. The van der Waals surface area contributed by atoms with Crippen molar-refractivity contribution < 1.29 is 4.43 Å². The zero-order valence-electron chi connectivity index (χ0n) is 9.60. The quantitative estimate of drug-likeness (QED) is 0.630. The van der Waals surface area contributed by atoms with Crippen LogP contribution in [0.3, 0.4) is 0 Å². The van der Waals surface area contributed by atoms with E-state index in [1.54, 1.807) is 0 Å². The van der Waals surface area contributed by atoms with Gasteiger partial charge in [0.1, 0.15) is 0 Å². The molecule has 0 heterocycles. The Balaban J connectivity index is 2.42. The van der Waals surface area contributed by atoms with Crippen molar-refractivity contribution in [1.82, 2.24) is 0 Å². The van der Waals surface area contributed by atoms with Crippen LogP contribution in [0.1, 0.15) is 39.5 Å². The van der Waals surface area contributed by atoms with Gasteiger partial charge in [-0.3, -0.25) is 0 Å². The molecular formula is C11H24OSi. The first kappa shape index (κ1) is 11.3. The smallest absolute Gasteiger partial charge is 0.186 e. The normalized spacial score (nSPS) is 30.5. The van der Waals surface area contributed by atoms with Crippen LogP contribution < -0.4 is 0 Å². The predicted molar refractivity (Wildman–Crippen MR) is 60.5 cm³/mol. The first-order valence-electron chi connectivity index (χ1n) is 5.73. The van der Waals surface area contributed by atoms with Crippen molar-refractivity contribution in [3.05, 3.63) is 0 Å². The fourth-order valence-corrected chi connectivity index (χ4v) is 3.29. The summed E-state index contributed by atoms with van der Waals surface area (Å²) in [6, 6.07) is 1.25. The van der Waals surface area contributed by atoms with Gasteiger partial charge in [-0.25, -0.2) is 0 Å². The van der Waals surface area contributed by atoms with Gasteiger partial charge in [0.25, 0.3) is 0 Å². The van der Waals surface area contributed by atoms with Crippen LogP contribution in [-0.4, -0.2) is 14.4 Å². The van der Waals surface area contributed by atoms with E-state index in [0.29, 0.717) is 6.10 Å². The van der Waals surface area contributed by atoms with Crippen LogP contribution in [0.25, 0.3) is 0 Å². The lowest BCUT2D eigenvalue weighted by Gasteiger charge is -2.35. The van der Waals surface area contributed by atoms with Gasteiger partial charge in [0.2, 0.25) is 0 Å². The molecule has 78 valence electrons. The molecule has 0 aromatic carbocycles. The van der Waals surface area contributed by atoms with Gasteiger partial charge in [0.15, 0.2) is 8.32 Å². The molecular weight excluding hydrogens is 176 g/mol. The van der Waals surface area contributed by atoms with Gasteiger partial charge in [0, 0.05) is 6.10 Å². The Morgan fingerprint density at radius 1 is 1.23 bits per heavy atom. The van der Waals surface area contributed by atoms with E-state index >= 15 is 0 Å². The largest absolute Gasteiger partial charge is 0.414 e. The molecule has 1 fully saturated rings. The van der Waals surface area contributed by atoms with Crippen LogP contribution in [0.15, 0.2) is 0 Å². The summed E-state index contributed by atoms with van der Waals surface area (Å²) in [6.45, 7) is 9.30. The minimum atomic E-state index is -1.31. The molecule has 2 heteroatoms. The summed E-state index contributed by atoms with van der Waals surface area (Å²) in [5.41, 5.74) is 0. The average Bonchev–Trinajstić information content (AvgIpc) is 2.09. The molecule has 0 aliphatic heterocycles. The summed E-state index contributed by atoms with van der Waals surface area (Å²) < 4.78 is 6.28. The first-order chi connectivity index (χ1) is 6.05. The van der Waals surface area contributed by atoms with Crippen LogP contribution in [0, 0.1) is 5.92 Å². The van der Waals surface area contributed by atoms with Crippen molar-refractivity contribution in [1.29, 1.82) is 0 Å². The highest BCUT2D eigenvalue weighted by Gasteiger charge is 2.29. The Labute approximate surface area is 84.0 Å². The Morgan fingerprint density at radius 2 is 1.85 bits per heavy atom. The number of hydrogen-bond donors (Lipinski definition) is 0. The lowest BCUT2D eigenvalue weighted by molar-refractivity contribution is 0.0944. The SMILES string of the molecule is CC[Si](C)(C)OC1CCCCC1C. The summed E-state index contributed by atoms with van der Waals surface area (Å²) in [7, 11) is -1.31. The highest BCUT2D eigenvalue weighted by atomic mass is 28.4. The van der Waals surface area contributed by atoms with Gasteiger partial charge in [-0.05, 0) is 37.9 Å². The second kappa shape index (κ2) is 4.60. The van der Waals surface area contributed by atoms with Crippen molar-refractivity contribution in [3.63, 3.8) is 0 Å². The maximum absolute atomic E-state index is 6.28. The lowest BCUT2D eigenvalue weighted by atomic mass is 9.88. The number of rotatable bonds is 3. The van der Waals surface area contributed by atoms with E-state index in [9.17, 15) is 0 Å². The zero-order chi connectivity index (χ0) is 9.90. The van der Waals surface area contributed by atoms with E-state index in [1.807, 2.05) is 0 Å². The van der Waals surface area contributed by atoms with Crippen LogP contribution in [-0.2, 0) is 4.43 Å². The van der Waals surface area contributed by atoms with Gasteiger partial charge in [-0.1, -0.05) is 26.7 Å². The van der Waals surface area contributed by atoms with Crippen molar-refractivity contribution in [2.75, 3.05) is 0 Å². The van der Waals surface area contributed by atoms with Gasteiger partial charge >= 0.3 is 0 Å². The summed E-state index contributed by atoms with van der Waals surface area (Å²) in [6.07, 6.45) is 6.05. The van der Waals surface area contributed by atoms with Gasteiger partial charge in [-0.2, -0.15) is 0 Å². The van der Waals surface area contributed by atoms with Crippen LogP contribution in [0.2, 0.25) is 19.1 Å². The fraction of sp³-hybridized carbons (Fsp3) is 1.00. The summed E-state index contributed by atoms with van der Waals surface area (Å²) in [5, 5.41) is 0. The zero-order valence-corrected chi connectivity index (χ0v) is 10.6. The molecule has 0 spiro atoms. The first-order valence-corrected chi connectivity index (χ1v) is 8.84. The minimum Gasteiger partial charge on any atom is -0.414 e. The monoisotopic (exact) mass is 200 g/mol. The third kappa shape index (κ3) is 3.43. The molecule has 2 unspecified atom stereocenters. The van der Waals surface area contributed by atoms with E-state index in [1.165, 1.54) is 31.7 Å². The molecule has 0 aromatic rings. The molecule has 13 heavy (non-hydrogen) atoms. The van der Waals surface area contributed by atoms with Gasteiger partial charge in [-0.15, -0.1) is 0 Å². The summed E-state index contributed by atoms with van der Waals surface area (Å²) in [4.78, 5) is 0. The Morgan fingerprint density at radius 3 is 2.38 bits per heavy atom. The second-order valence-corrected chi connectivity index (χ2v) is 9.49. The molecule has 1 rings (SSSR count). The third-order valence-electron chi connectivity index (χ3n) is 3.35. The molecule has 1 aliphatic carbocycles. The Kier molecular flexibility index (Phi) is 3.99. The summed E-state index contributed by atoms with van der Waals surface area (Å²) in [5.74, 6) is 0.798. The molecule has 0 amide bonds. The van der Waals surface area contributed by atoms with Crippen LogP contribution >= 0.6 is 0 Å². The second-order valence-electron chi connectivity index (χ2n) is 5.03. The maximum Gasteiger partial charge on any atom is 0.186 e. The highest BCUT2D eigenvalue weighted by Crippen LogP contribution is 2.29. The van der Waals surface area contributed by atoms with E-state index in [0.717, 1.165) is 5.92 Å². The van der Waals surface area contributed by atoms with Crippen molar-refractivity contribution in [3.8, 4) is 0 Å². The van der Waals surface area contributed by atoms with Crippen molar-refractivity contribution in [2.45, 2.75) is 64.8 Å². The maximum atomic E-state index is 6.28. The molecule has 1 saturated carbocycles. The molecule has 1 aliphatic rings. The Bertz CT molecular complexity index is 156. The summed E-state index contributed by atoms with van der Waals surface area (Å²) >= 11 is 0. The van der Waals surface area contributed by atoms with Crippen LogP contribution in [0.5, 0.6) is 0 Å². The topological polar surface area (TPSA) is 9.23 Å². The van der Waals surface area contributed by atoms with Gasteiger partial charge < -0.3 is 4.43 Å². The van der Waals surface area contributed by atoms with Crippen LogP contribution in [0.4, 0.5) is 0 Å². The van der Waals surface area contributed by atoms with Crippen molar-refractivity contribution in [2.24, 2.45) is 5.92 Å². The standard InChI is InChI=1S/C11H24OSi/c1-5-13(3,4)12-11-9-7-6-8-10(11)2/h10-11H,5-9H2,1-4H3. The van der Waals surface area contributed by atoms with E-state index < -0.39 is 8.32 Å². The molecule has 0 aromatic heterocycles.